The van der Waals surface area contributed by atoms with Gasteiger partial charge in [-0.15, -0.1) is 0 Å². The normalized spacial score (nSPS) is 22.8. The van der Waals surface area contributed by atoms with Crippen molar-refractivity contribution >= 4 is 11.9 Å². The highest BCUT2D eigenvalue weighted by atomic mass is 16.5. The second-order valence-corrected chi connectivity index (χ2v) is 10.4. The number of nitrogens with two attached hydrogens (primary N) is 2. The molecule has 1 amide bonds. The average molecular weight is 544 g/mol. The number of aliphatic hydroxyl groups is 2. The molecule has 0 bridgehead atoms. The average Bonchev–Trinajstić information content (AvgIpc) is 3.19. The molecule has 2 rings (SSSR count). The smallest absolute Gasteiger partial charge is 0.323 e. The zero-order valence-electron chi connectivity index (χ0n) is 23.4. The number of carbonyl (C=O) groups excluding carboxylic acids is 2. The molecule has 218 valence electrons. The number of hydrogen-bond donors (Lipinski definition) is 5. The van der Waals surface area contributed by atoms with Crippen LogP contribution in [0.25, 0.3) is 0 Å². The summed E-state index contributed by atoms with van der Waals surface area (Å²) < 4.78 is 5.81. The van der Waals surface area contributed by atoms with Gasteiger partial charge in [-0.1, -0.05) is 55.0 Å². The zero-order chi connectivity index (χ0) is 28.5. The Kier molecular flexibility index (Phi) is 15.7. The second-order valence-electron chi connectivity index (χ2n) is 10.4. The Hall–Kier alpha value is -2.52. The standard InChI is InChI=1S/C31H49N3O5/c1-2-34-30(37)16-9-4-3-8-14-25-26(29(36)22-28(25)35)20-19-24(18-17-23-12-6-5-7-13-23)39-31(38)27(33)15-10-11-21-32/h3,5-8,12-13,19-20,24-29,35-36H,2,4,9-11,14-18,21-22,32-33H2,1H3,(H,34,37). The molecule has 6 atom stereocenters. The van der Waals surface area contributed by atoms with Gasteiger partial charge >= 0.3 is 5.97 Å². The van der Waals surface area contributed by atoms with E-state index in [0.29, 0.717) is 45.2 Å². The molecule has 6 unspecified atom stereocenters. The third-order valence-electron chi connectivity index (χ3n) is 7.29. The fraction of sp³-hybridized carbons (Fsp3) is 0.613. The number of unbranched alkanes of at least 4 members (excludes halogenated alkanes) is 2. The Bertz CT molecular complexity index is 891. The summed E-state index contributed by atoms with van der Waals surface area (Å²) in [6.45, 7) is 3.10. The molecule has 0 heterocycles. The van der Waals surface area contributed by atoms with E-state index in [1.54, 1.807) is 0 Å². The highest BCUT2D eigenvalue weighted by molar-refractivity contribution is 5.76. The van der Waals surface area contributed by atoms with Crippen molar-refractivity contribution in [2.45, 2.75) is 95.5 Å². The van der Waals surface area contributed by atoms with Gasteiger partial charge in [0.1, 0.15) is 12.1 Å². The van der Waals surface area contributed by atoms with Crippen LogP contribution in [0, 0.1) is 11.8 Å². The van der Waals surface area contributed by atoms with Crippen LogP contribution < -0.4 is 16.8 Å². The van der Waals surface area contributed by atoms with E-state index >= 15 is 0 Å². The lowest BCUT2D eigenvalue weighted by molar-refractivity contribution is -0.149. The van der Waals surface area contributed by atoms with E-state index in [1.165, 1.54) is 0 Å². The lowest BCUT2D eigenvalue weighted by Crippen LogP contribution is -2.35. The Labute approximate surface area is 233 Å². The number of nitrogens with one attached hydrogen (secondary N) is 1. The highest BCUT2D eigenvalue weighted by Gasteiger charge is 2.39. The summed E-state index contributed by atoms with van der Waals surface area (Å²) in [4.78, 5) is 24.3. The number of rotatable bonds is 18. The SMILES string of the molecule is CCNC(=O)CCCC=CCC1C(O)CC(O)C1C=CC(CCc1ccccc1)OC(=O)C(N)CCCCN. The lowest BCUT2D eigenvalue weighted by atomic mass is 9.89. The molecule has 0 spiro atoms. The molecule has 1 saturated carbocycles. The number of aliphatic hydroxyl groups excluding tert-OH is 2. The molecule has 39 heavy (non-hydrogen) atoms. The summed E-state index contributed by atoms with van der Waals surface area (Å²) in [6.07, 6.45) is 12.4. The molecular formula is C31H49N3O5. The molecule has 0 radical (unpaired) electrons. The Morgan fingerprint density at radius 1 is 1.10 bits per heavy atom. The van der Waals surface area contributed by atoms with Crippen LogP contribution in [0.2, 0.25) is 0 Å². The van der Waals surface area contributed by atoms with Gasteiger partial charge < -0.3 is 31.7 Å². The van der Waals surface area contributed by atoms with Crippen molar-refractivity contribution in [1.29, 1.82) is 0 Å². The molecule has 8 heteroatoms. The van der Waals surface area contributed by atoms with Gasteiger partial charge in [0.25, 0.3) is 0 Å². The largest absolute Gasteiger partial charge is 0.457 e. The summed E-state index contributed by atoms with van der Waals surface area (Å²) in [6, 6.07) is 9.30. The van der Waals surface area contributed by atoms with Crippen molar-refractivity contribution in [3.63, 3.8) is 0 Å². The maximum Gasteiger partial charge on any atom is 0.323 e. The minimum Gasteiger partial charge on any atom is -0.457 e. The Morgan fingerprint density at radius 2 is 1.87 bits per heavy atom. The second kappa shape index (κ2) is 18.7. The lowest BCUT2D eigenvalue weighted by Gasteiger charge is -2.21. The van der Waals surface area contributed by atoms with Crippen LogP contribution in [0.1, 0.15) is 70.3 Å². The topological polar surface area (TPSA) is 148 Å². The van der Waals surface area contributed by atoms with E-state index in [2.05, 4.69) is 5.32 Å². The molecule has 0 aromatic heterocycles. The van der Waals surface area contributed by atoms with E-state index in [-0.39, 0.29) is 17.7 Å². The number of ether oxygens (including phenoxy) is 1. The summed E-state index contributed by atoms with van der Waals surface area (Å²) in [5.74, 6) is -0.769. The first-order valence-corrected chi connectivity index (χ1v) is 14.5. The summed E-state index contributed by atoms with van der Waals surface area (Å²) in [5.41, 5.74) is 12.8. The van der Waals surface area contributed by atoms with Gasteiger partial charge in [-0.3, -0.25) is 9.59 Å². The van der Waals surface area contributed by atoms with Gasteiger partial charge in [0.15, 0.2) is 0 Å². The fourth-order valence-corrected chi connectivity index (χ4v) is 5.01. The summed E-state index contributed by atoms with van der Waals surface area (Å²) in [5, 5.41) is 24.1. The molecule has 1 aliphatic rings. The van der Waals surface area contributed by atoms with Crippen molar-refractivity contribution < 1.29 is 24.5 Å². The predicted octanol–water partition coefficient (Wildman–Crippen LogP) is 3.15. The van der Waals surface area contributed by atoms with Crippen LogP contribution >= 0.6 is 0 Å². The molecule has 1 aromatic carbocycles. The molecule has 0 saturated heterocycles. The van der Waals surface area contributed by atoms with Crippen LogP contribution in [0.3, 0.4) is 0 Å². The monoisotopic (exact) mass is 543 g/mol. The first-order chi connectivity index (χ1) is 18.8. The van der Waals surface area contributed by atoms with Crippen LogP contribution in [-0.2, 0) is 20.7 Å². The van der Waals surface area contributed by atoms with Crippen molar-refractivity contribution in [2.75, 3.05) is 13.1 Å². The van der Waals surface area contributed by atoms with Crippen molar-refractivity contribution in [2.24, 2.45) is 23.3 Å². The maximum atomic E-state index is 12.7. The maximum absolute atomic E-state index is 12.7. The number of allylic oxidation sites excluding steroid dienone is 2. The van der Waals surface area contributed by atoms with Gasteiger partial charge in [0, 0.05) is 25.3 Å². The third-order valence-corrected chi connectivity index (χ3v) is 7.29. The Balaban J connectivity index is 2.00. The molecular weight excluding hydrogens is 494 g/mol. The van der Waals surface area contributed by atoms with Gasteiger partial charge in [0.2, 0.25) is 5.91 Å². The van der Waals surface area contributed by atoms with E-state index < -0.39 is 30.3 Å². The van der Waals surface area contributed by atoms with Crippen LogP contribution in [0.5, 0.6) is 0 Å². The minimum absolute atomic E-state index is 0.0597. The van der Waals surface area contributed by atoms with E-state index in [4.69, 9.17) is 16.2 Å². The number of hydrogen-bond acceptors (Lipinski definition) is 7. The Morgan fingerprint density at radius 3 is 2.59 bits per heavy atom. The minimum atomic E-state index is -0.700. The van der Waals surface area contributed by atoms with Crippen molar-refractivity contribution in [3.05, 3.63) is 60.2 Å². The van der Waals surface area contributed by atoms with E-state index in [1.807, 2.05) is 61.6 Å². The molecule has 0 aliphatic heterocycles. The van der Waals surface area contributed by atoms with Gasteiger partial charge in [-0.25, -0.2) is 0 Å². The molecule has 1 aliphatic carbocycles. The van der Waals surface area contributed by atoms with Gasteiger partial charge in [-0.05, 0) is 76.0 Å². The number of benzene rings is 1. The quantitative estimate of drug-likeness (QED) is 0.109. The molecule has 1 aromatic rings. The highest BCUT2D eigenvalue weighted by Crippen LogP contribution is 2.36. The van der Waals surface area contributed by atoms with E-state index in [9.17, 15) is 19.8 Å². The van der Waals surface area contributed by atoms with E-state index in [0.717, 1.165) is 37.7 Å². The van der Waals surface area contributed by atoms with Gasteiger partial charge in [-0.2, -0.15) is 0 Å². The predicted molar refractivity (Wildman–Crippen MR) is 155 cm³/mol. The molecule has 1 fully saturated rings. The zero-order valence-corrected chi connectivity index (χ0v) is 23.4. The number of amides is 1. The van der Waals surface area contributed by atoms with Crippen LogP contribution in [0.15, 0.2) is 54.6 Å². The first-order valence-electron chi connectivity index (χ1n) is 14.5. The van der Waals surface area contributed by atoms with Gasteiger partial charge in [0.05, 0.1) is 12.2 Å². The fourth-order valence-electron chi connectivity index (χ4n) is 5.01. The molecule has 8 nitrogen and oxygen atoms in total. The summed E-state index contributed by atoms with van der Waals surface area (Å²) >= 11 is 0. The molecule has 7 N–H and O–H groups in total. The number of esters is 1. The van der Waals surface area contributed by atoms with Crippen LogP contribution in [-0.4, -0.2) is 59.5 Å². The number of carbonyl (C=O) groups is 2. The third kappa shape index (κ3) is 12.5. The first kappa shape index (κ1) is 32.7. The van der Waals surface area contributed by atoms with Crippen molar-refractivity contribution in [3.8, 4) is 0 Å². The summed E-state index contributed by atoms with van der Waals surface area (Å²) in [7, 11) is 0. The number of aryl methyl sites for hydroxylation is 1. The van der Waals surface area contributed by atoms with Crippen LogP contribution in [0.4, 0.5) is 0 Å². The van der Waals surface area contributed by atoms with Crippen molar-refractivity contribution in [1.82, 2.24) is 5.32 Å².